The maximum Gasteiger partial charge on any atom is 0.321 e. The van der Waals surface area contributed by atoms with Crippen molar-refractivity contribution in [2.24, 2.45) is 11.7 Å². The summed E-state index contributed by atoms with van der Waals surface area (Å²) in [6, 6.07) is 0. The van der Waals surface area contributed by atoms with Crippen molar-refractivity contribution in [2.75, 3.05) is 32.9 Å². The van der Waals surface area contributed by atoms with Gasteiger partial charge in [0.2, 0.25) is 0 Å². The third-order valence-electron chi connectivity index (χ3n) is 3.03. The fraction of sp³-hybridized carbons (Fsp3) is 0.733. The van der Waals surface area contributed by atoms with Crippen LogP contribution in [0.2, 0.25) is 0 Å². The van der Waals surface area contributed by atoms with E-state index in [0.29, 0.717) is 32.7 Å². The lowest BCUT2D eigenvalue weighted by Crippen LogP contribution is -2.32. The van der Waals surface area contributed by atoms with Gasteiger partial charge in [0.1, 0.15) is 5.92 Å². The SMILES string of the molecule is NCCOCCNC(=O)COC(=O)C1C#CCCCCC1. The van der Waals surface area contributed by atoms with Crippen molar-refractivity contribution < 1.29 is 19.1 Å². The molecule has 0 aromatic rings. The van der Waals surface area contributed by atoms with Crippen LogP contribution in [-0.4, -0.2) is 44.8 Å². The molecule has 0 aromatic heterocycles. The van der Waals surface area contributed by atoms with E-state index in [9.17, 15) is 9.59 Å². The van der Waals surface area contributed by atoms with Crippen LogP contribution in [0.15, 0.2) is 0 Å². The Labute approximate surface area is 125 Å². The average Bonchev–Trinajstić information content (AvgIpc) is 2.44. The Balaban J connectivity index is 2.17. The summed E-state index contributed by atoms with van der Waals surface area (Å²) in [7, 11) is 0. The minimum atomic E-state index is -0.404. The lowest BCUT2D eigenvalue weighted by molar-refractivity contribution is -0.151. The molecule has 1 atom stereocenters. The molecule has 1 unspecified atom stereocenters. The number of rotatable bonds is 8. The van der Waals surface area contributed by atoms with Crippen LogP contribution in [0.5, 0.6) is 0 Å². The van der Waals surface area contributed by atoms with Gasteiger partial charge in [-0.1, -0.05) is 18.8 Å². The summed E-state index contributed by atoms with van der Waals surface area (Å²) >= 11 is 0. The fourth-order valence-electron chi connectivity index (χ4n) is 1.92. The van der Waals surface area contributed by atoms with Crippen molar-refractivity contribution in [2.45, 2.75) is 32.1 Å². The molecule has 118 valence electrons. The average molecular weight is 296 g/mol. The molecule has 0 aromatic carbocycles. The quantitative estimate of drug-likeness (QED) is 0.379. The summed E-state index contributed by atoms with van der Waals surface area (Å²) in [6.07, 6.45) is 4.68. The molecular formula is C15H24N2O4. The van der Waals surface area contributed by atoms with Crippen LogP contribution < -0.4 is 11.1 Å². The molecule has 1 rings (SSSR count). The van der Waals surface area contributed by atoms with Gasteiger partial charge < -0.3 is 20.5 Å². The molecule has 0 spiro atoms. The molecule has 6 nitrogen and oxygen atoms in total. The molecule has 0 heterocycles. The lowest BCUT2D eigenvalue weighted by atomic mass is 9.98. The van der Waals surface area contributed by atoms with Gasteiger partial charge in [-0.2, -0.15) is 0 Å². The van der Waals surface area contributed by atoms with Crippen LogP contribution in [0.1, 0.15) is 32.1 Å². The zero-order chi connectivity index (χ0) is 15.3. The number of carbonyl (C=O) groups excluding carboxylic acids is 2. The highest BCUT2D eigenvalue weighted by molar-refractivity contribution is 5.82. The molecule has 0 radical (unpaired) electrons. The zero-order valence-corrected chi connectivity index (χ0v) is 12.4. The largest absolute Gasteiger partial charge is 0.455 e. The third-order valence-corrected chi connectivity index (χ3v) is 3.03. The number of carbonyl (C=O) groups is 2. The Morgan fingerprint density at radius 1 is 1.24 bits per heavy atom. The Morgan fingerprint density at radius 2 is 2.10 bits per heavy atom. The van der Waals surface area contributed by atoms with Gasteiger partial charge in [0, 0.05) is 19.5 Å². The Kier molecular flexibility index (Phi) is 9.25. The lowest BCUT2D eigenvalue weighted by Gasteiger charge is -2.12. The number of amides is 1. The van der Waals surface area contributed by atoms with Crippen LogP contribution in [0.4, 0.5) is 0 Å². The van der Waals surface area contributed by atoms with Crippen molar-refractivity contribution in [1.29, 1.82) is 0 Å². The van der Waals surface area contributed by atoms with Gasteiger partial charge in [0.25, 0.3) is 5.91 Å². The third kappa shape index (κ3) is 8.33. The van der Waals surface area contributed by atoms with E-state index in [2.05, 4.69) is 17.2 Å². The molecule has 0 saturated heterocycles. The van der Waals surface area contributed by atoms with Gasteiger partial charge in [-0.3, -0.25) is 9.59 Å². The molecule has 0 bridgehead atoms. The molecule has 0 aliphatic heterocycles. The van der Waals surface area contributed by atoms with Gasteiger partial charge in [-0.05, 0) is 12.8 Å². The number of hydrogen-bond donors (Lipinski definition) is 2. The van der Waals surface area contributed by atoms with E-state index >= 15 is 0 Å². The molecule has 6 heteroatoms. The standard InChI is InChI=1S/C15H24N2O4/c16-8-10-20-11-9-17-14(18)12-21-15(19)13-6-4-2-1-3-5-7-13/h13H,1-4,6,8-12,16H2,(H,17,18). The number of ether oxygens (including phenoxy) is 2. The number of hydrogen-bond acceptors (Lipinski definition) is 5. The van der Waals surface area contributed by atoms with Crippen molar-refractivity contribution in [3.63, 3.8) is 0 Å². The maximum absolute atomic E-state index is 11.8. The summed E-state index contributed by atoms with van der Waals surface area (Å²) in [5, 5.41) is 2.60. The summed E-state index contributed by atoms with van der Waals surface area (Å²) in [4.78, 5) is 23.3. The van der Waals surface area contributed by atoms with E-state index < -0.39 is 11.9 Å². The summed E-state index contributed by atoms with van der Waals surface area (Å²) in [5.74, 6) is 4.77. The number of nitrogens with two attached hydrogens (primary N) is 1. The molecule has 0 fully saturated rings. The molecule has 0 saturated carbocycles. The van der Waals surface area contributed by atoms with Crippen molar-refractivity contribution in [3.8, 4) is 11.8 Å². The molecule has 1 aliphatic rings. The summed E-state index contributed by atoms with van der Waals surface area (Å²) < 4.78 is 10.1. The minimum absolute atomic E-state index is 0.270. The van der Waals surface area contributed by atoms with Gasteiger partial charge in [-0.15, -0.1) is 5.92 Å². The highest BCUT2D eigenvalue weighted by atomic mass is 16.5. The second-order valence-electron chi connectivity index (χ2n) is 4.83. The van der Waals surface area contributed by atoms with Crippen molar-refractivity contribution in [3.05, 3.63) is 0 Å². The summed E-state index contributed by atoms with van der Waals surface area (Å²) in [5.41, 5.74) is 5.26. The van der Waals surface area contributed by atoms with Crippen LogP contribution >= 0.6 is 0 Å². The number of esters is 1. The van der Waals surface area contributed by atoms with Gasteiger partial charge >= 0.3 is 5.97 Å². The molecular weight excluding hydrogens is 272 g/mol. The fourth-order valence-corrected chi connectivity index (χ4v) is 1.92. The second kappa shape index (κ2) is 11.1. The first-order valence-electron chi connectivity index (χ1n) is 7.43. The Bertz CT molecular complexity index is 387. The van der Waals surface area contributed by atoms with E-state index in [1.54, 1.807) is 0 Å². The van der Waals surface area contributed by atoms with Gasteiger partial charge in [-0.25, -0.2) is 0 Å². The normalized spacial score (nSPS) is 17.9. The first-order valence-corrected chi connectivity index (χ1v) is 7.43. The van der Waals surface area contributed by atoms with E-state index in [-0.39, 0.29) is 12.5 Å². The Morgan fingerprint density at radius 3 is 2.90 bits per heavy atom. The van der Waals surface area contributed by atoms with Gasteiger partial charge in [0.05, 0.1) is 13.2 Å². The molecule has 3 N–H and O–H groups in total. The smallest absolute Gasteiger partial charge is 0.321 e. The van der Waals surface area contributed by atoms with Gasteiger partial charge in [0.15, 0.2) is 6.61 Å². The predicted molar refractivity (Wildman–Crippen MR) is 78.2 cm³/mol. The van der Waals surface area contributed by atoms with Crippen LogP contribution in [0.25, 0.3) is 0 Å². The molecule has 1 aliphatic carbocycles. The van der Waals surface area contributed by atoms with Crippen LogP contribution in [0, 0.1) is 17.8 Å². The van der Waals surface area contributed by atoms with E-state index in [1.165, 1.54) is 0 Å². The topological polar surface area (TPSA) is 90.7 Å². The molecule has 1 amide bonds. The maximum atomic E-state index is 11.8. The van der Waals surface area contributed by atoms with Crippen LogP contribution in [0.3, 0.4) is 0 Å². The number of nitrogens with one attached hydrogen (secondary N) is 1. The Hall–Kier alpha value is -1.58. The van der Waals surface area contributed by atoms with Crippen molar-refractivity contribution in [1.82, 2.24) is 5.32 Å². The zero-order valence-electron chi connectivity index (χ0n) is 12.4. The van der Waals surface area contributed by atoms with E-state index in [0.717, 1.165) is 25.7 Å². The minimum Gasteiger partial charge on any atom is -0.455 e. The van der Waals surface area contributed by atoms with Crippen molar-refractivity contribution >= 4 is 11.9 Å². The second-order valence-corrected chi connectivity index (χ2v) is 4.83. The first kappa shape index (κ1) is 17.5. The van der Waals surface area contributed by atoms with E-state index in [4.69, 9.17) is 15.2 Å². The molecule has 21 heavy (non-hydrogen) atoms. The summed E-state index contributed by atoms with van der Waals surface area (Å²) in [6.45, 7) is 1.41. The van der Waals surface area contributed by atoms with E-state index in [1.807, 2.05) is 0 Å². The first-order chi connectivity index (χ1) is 10.2. The van der Waals surface area contributed by atoms with Crippen LogP contribution in [-0.2, 0) is 19.1 Å². The highest BCUT2D eigenvalue weighted by Crippen LogP contribution is 2.14. The highest BCUT2D eigenvalue weighted by Gasteiger charge is 2.19. The monoisotopic (exact) mass is 296 g/mol. The predicted octanol–water partition coefficient (Wildman–Crippen LogP) is 0.205.